The minimum absolute atomic E-state index is 0.167. The summed E-state index contributed by atoms with van der Waals surface area (Å²) in [5.41, 5.74) is 6.73. The van der Waals surface area contributed by atoms with Crippen LogP contribution < -0.4 is 10.5 Å². The summed E-state index contributed by atoms with van der Waals surface area (Å²) in [6, 6.07) is 11.5. The van der Waals surface area contributed by atoms with Crippen LogP contribution in [0.4, 0.5) is 5.82 Å². The second-order valence-corrected chi connectivity index (χ2v) is 6.09. The molecular weight excluding hydrogens is 274 g/mol. The molecule has 0 aliphatic rings. The van der Waals surface area contributed by atoms with Gasteiger partial charge in [0.05, 0.1) is 4.90 Å². The average molecular weight is 291 g/mol. The molecule has 0 amide bonds. The molecule has 0 radical (unpaired) electrons. The van der Waals surface area contributed by atoms with Crippen LogP contribution in [0.15, 0.2) is 53.6 Å². The van der Waals surface area contributed by atoms with Crippen molar-refractivity contribution >= 4 is 15.8 Å². The molecule has 0 aliphatic heterocycles. The molecule has 5 nitrogen and oxygen atoms in total. The zero-order valence-electron chi connectivity index (χ0n) is 11.2. The number of anilines is 1. The minimum atomic E-state index is -3.65. The first-order chi connectivity index (χ1) is 9.53. The number of benzene rings is 1. The van der Waals surface area contributed by atoms with Gasteiger partial charge in [0.25, 0.3) is 10.0 Å². The zero-order valence-corrected chi connectivity index (χ0v) is 12.0. The molecule has 0 fully saturated rings. The lowest BCUT2D eigenvalue weighted by molar-refractivity contribution is 0.600. The molecule has 0 aliphatic carbocycles. The summed E-state index contributed by atoms with van der Waals surface area (Å²) >= 11 is 0. The lowest BCUT2D eigenvalue weighted by Gasteiger charge is -2.12. The Morgan fingerprint density at radius 1 is 1.25 bits per heavy atom. The van der Waals surface area contributed by atoms with E-state index < -0.39 is 10.0 Å². The molecule has 2 aromatic rings. The predicted octanol–water partition coefficient (Wildman–Crippen LogP) is 2.29. The van der Waals surface area contributed by atoms with Crippen LogP contribution in [0.1, 0.15) is 24.9 Å². The summed E-state index contributed by atoms with van der Waals surface area (Å²) in [7, 11) is -3.65. The maximum absolute atomic E-state index is 12.3. The van der Waals surface area contributed by atoms with Gasteiger partial charge in [0, 0.05) is 12.2 Å². The molecule has 1 unspecified atom stereocenters. The summed E-state index contributed by atoms with van der Waals surface area (Å²) in [5.74, 6) is 0.290. The quantitative estimate of drug-likeness (QED) is 0.885. The van der Waals surface area contributed by atoms with Crippen molar-refractivity contribution in [1.29, 1.82) is 0 Å². The monoisotopic (exact) mass is 291 g/mol. The van der Waals surface area contributed by atoms with Gasteiger partial charge in [-0.2, -0.15) is 0 Å². The van der Waals surface area contributed by atoms with E-state index in [2.05, 4.69) is 9.71 Å². The number of rotatable bonds is 5. The Kier molecular flexibility index (Phi) is 4.36. The molecular formula is C14H17N3O2S. The maximum atomic E-state index is 12.3. The minimum Gasteiger partial charge on any atom is -0.324 e. The second-order valence-electron chi connectivity index (χ2n) is 4.41. The second kappa shape index (κ2) is 6.02. The number of pyridine rings is 1. The van der Waals surface area contributed by atoms with E-state index in [0.29, 0.717) is 0 Å². The van der Waals surface area contributed by atoms with Gasteiger partial charge in [-0.05, 0) is 36.2 Å². The molecule has 106 valence electrons. The lowest BCUT2D eigenvalue weighted by atomic mass is 10.1. The van der Waals surface area contributed by atoms with Crippen molar-refractivity contribution in [3.8, 4) is 0 Å². The molecule has 20 heavy (non-hydrogen) atoms. The van der Waals surface area contributed by atoms with Gasteiger partial charge in [0.15, 0.2) is 0 Å². The van der Waals surface area contributed by atoms with Crippen molar-refractivity contribution in [2.45, 2.75) is 24.3 Å². The Bertz CT molecular complexity index is 672. The van der Waals surface area contributed by atoms with Crippen LogP contribution in [0.3, 0.4) is 0 Å². The summed E-state index contributed by atoms with van der Waals surface area (Å²) < 4.78 is 27.0. The van der Waals surface area contributed by atoms with Gasteiger partial charge in [-0.25, -0.2) is 13.4 Å². The van der Waals surface area contributed by atoms with Gasteiger partial charge in [-0.15, -0.1) is 0 Å². The topological polar surface area (TPSA) is 85.1 Å². The predicted molar refractivity (Wildman–Crippen MR) is 78.7 cm³/mol. The smallest absolute Gasteiger partial charge is 0.263 e. The van der Waals surface area contributed by atoms with Gasteiger partial charge < -0.3 is 5.73 Å². The van der Waals surface area contributed by atoms with Crippen molar-refractivity contribution in [2.24, 2.45) is 5.73 Å². The highest BCUT2D eigenvalue weighted by Gasteiger charge is 2.16. The molecule has 1 aromatic carbocycles. The number of nitrogens with one attached hydrogen (secondary N) is 1. The van der Waals surface area contributed by atoms with E-state index in [9.17, 15) is 8.42 Å². The Morgan fingerprint density at radius 3 is 2.70 bits per heavy atom. The van der Waals surface area contributed by atoms with Gasteiger partial charge in [-0.1, -0.05) is 25.1 Å². The average Bonchev–Trinajstić information content (AvgIpc) is 2.47. The molecule has 2 rings (SSSR count). The summed E-state index contributed by atoms with van der Waals surface area (Å²) in [6.45, 7) is 1.96. The van der Waals surface area contributed by atoms with Crippen LogP contribution in [0.5, 0.6) is 0 Å². The van der Waals surface area contributed by atoms with E-state index in [4.69, 9.17) is 5.73 Å². The number of nitrogens with zero attached hydrogens (tertiary/aromatic N) is 1. The van der Waals surface area contributed by atoms with Crippen molar-refractivity contribution in [1.82, 2.24) is 4.98 Å². The first kappa shape index (κ1) is 14.5. The highest BCUT2D eigenvalue weighted by Crippen LogP contribution is 2.19. The number of sulfonamides is 1. The molecule has 0 saturated heterocycles. The van der Waals surface area contributed by atoms with E-state index in [0.717, 1.165) is 12.0 Å². The van der Waals surface area contributed by atoms with Crippen LogP contribution in [-0.4, -0.2) is 13.4 Å². The Morgan fingerprint density at radius 2 is 2.05 bits per heavy atom. The van der Waals surface area contributed by atoms with Gasteiger partial charge in [-0.3, -0.25) is 4.72 Å². The third-order valence-corrected chi connectivity index (χ3v) is 4.29. The van der Waals surface area contributed by atoms with E-state index in [1.54, 1.807) is 30.3 Å². The summed E-state index contributed by atoms with van der Waals surface area (Å²) in [4.78, 5) is 4.13. The third kappa shape index (κ3) is 3.34. The van der Waals surface area contributed by atoms with Crippen molar-refractivity contribution in [3.63, 3.8) is 0 Å². The molecule has 3 N–H and O–H groups in total. The molecule has 0 spiro atoms. The van der Waals surface area contributed by atoms with Crippen LogP contribution in [0, 0.1) is 0 Å². The van der Waals surface area contributed by atoms with E-state index in [-0.39, 0.29) is 16.8 Å². The molecule has 0 saturated carbocycles. The first-order valence-electron chi connectivity index (χ1n) is 6.32. The lowest BCUT2D eigenvalue weighted by Crippen LogP contribution is -2.15. The molecule has 0 bridgehead atoms. The van der Waals surface area contributed by atoms with E-state index in [1.165, 1.54) is 12.3 Å². The zero-order chi connectivity index (χ0) is 14.6. The highest BCUT2D eigenvalue weighted by molar-refractivity contribution is 7.92. The summed E-state index contributed by atoms with van der Waals surface area (Å²) in [5, 5.41) is 0. The number of hydrogen-bond acceptors (Lipinski definition) is 4. The van der Waals surface area contributed by atoms with Crippen LogP contribution in [0.2, 0.25) is 0 Å². The number of aromatic nitrogens is 1. The SMILES string of the molecule is CCC(N)c1cccc(S(=O)(=O)Nc2ccccn2)c1. The van der Waals surface area contributed by atoms with Gasteiger partial charge in [0.2, 0.25) is 0 Å². The van der Waals surface area contributed by atoms with Crippen molar-refractivity contribution < 1.29 is 8.42 Å². The van der Waals surface area contributed by atoms with Crippen LogP contribution in [0.25, 0.3) is 0 Å². The maximum Gasteiger partial charge on any atom is 0.263 e. The number of hydrogen-bond donors (Lipinski definition) is 2. The normalized spacial score (nSPS) is 12.9. The largest absolute Gasteiger partial charge is 0.324 e. The summed E-state index contributed by atoms with van der Waals surface area (Å²) in [6.07, 6.45) is 2.28. The Labute approximate surface area is 118 Å². The highest BCUT2D eigenvalue weighted by atomic mass is 32.2. The van der Waals surface area contributed by atoms with E-state index in [1.807, 2.05) is 13.0 Å². The molecule has 1 atom stereocenters. The Balaban J connectivity index is 2.30. The third-order valence-electron chi connectivity index (χ3n) is 2.94. The Hall–Kier alpha value is -1.92. The van der Waals surface area contributed by atoms with Crippen molar-refractivity contribution in [2.75, 3.05) is 4.72 Å². The number of nitrogens with two attached hydrogens (primary N) is 1. The van der Waals surface area contributed by atoms with Gasteiger partial charge >= 0.3 is 0 Å². The standard InChI is InChI=1S/C14H17N3O2S/c1-2-13(15)11-6-5-7-12(10-11)20(18,19)17-14-8-3-4-9-16-14/h3-10,13H,2,15H2,1H3,(H,16,17). The fraction of sp³-hybridized carbons (Fsp3) is 0.214. The van der Waals surface area contributed by atoms with Crippen LogP contribution >= 0.6 is 0 Å². The fourth-order valence-corrected chi connectivity index (χ4v) is 2.83. The van der Waals surface area contributed by atoms with E-state index >= 15 is 0 Å². The molecule has 6 heteroatoms. The van der Waals surface area contributed by atoms with Crippen molar-refractivity contribution in [3.05, 3.63) is 54.2 Å². The first-order valence-corrected chi connectivity index (χ1v) is 7.80. The molecule has 1 aromatic heterocycles. The van der Waals surface area contributed by atoms with Crippen LogP contribution in [-0.2, 0) is 10.0 Å². The fourth-order valence-electron chi connectivity index (χ4n) is 1.77. The molecule has 1 heterocycles. The van der Waals surface area contributed by atoms with Gasteiger partial charge in [0.1, 0.15) is 5.82 Å².